The number of aromatic nitrogens is 2. The van der Waals surface area contributed by atoms with E-state index in [4.69, 9.17) is 15.0 Å². The SMILES string of the molecule is COCC(N)Cc1nc(-c2ccc3ccccc3c2)no1. The molecule has 0 fully saturated rings. The van der Waals surface area contributed by atoms with E-state index in [1.807, 2.05) is 18.2 Å². The van der Waals surface area contributed by atoms with Crippen LogP contribution in [0.5, 0.6) is 0 Å². The van der Waals surface area contributed by atoms with Crippen molar-refractivity contribution in [2.75, 3.05) is 13.7 Å². The Bertz CT molecular complexity index is 739. The molecule has 1 aromatic heterocycles. The maximum absolute atomic E-state index is 5.89. The Labute approximate surface area is 122 Å². The Morgan fingerprint density at radius 3 is 2.81 bits per heavy atom. The molecule has 5 heteroatoms. The molecule has 3 rings (SSSR count). The minimum Gasteiger partial charge on any atom is -0.383 e. The van der Waals surface area contributed by atoms with E-state index in [1.165, 1.54) is 5.39 Å². The summed E-state index contributed by atoms with van der Waals surface area (Å²) in [5.74, 6) is 1.11. The van der Waals surface area contributed by atoms with Gasteiger partial charge in [0.1, 0.15) is 0 Å². The van der Waals surface area contributed by atoms with Gasteiger partial charge >= 0.3 is 0 Å². The summed E-state index contributed by atoms with van der Waals surface area (Å²) in [5.41, 5.74) is 6.82. The lowest BCUT2D eigenvalue weighted by Gasteiger charge is -2.05. The van der Waals surface area contributed by atoms with Gasteiger partial charge in [-0.3, -0.25) is 0 Å². The number of hydrogen-bond donors (Lipinski definition) is 1. The van der Waals surface area contributed by atoms with Crippen molar-refractivity contribution in [2.45, 2.75) is 12.5 Å². The fourth-order valence-electron chi connectivity index (χ4n) is 2.28. The van der Waals surface area contributed by atoms with Gasteiger partial charge in [0.15, 0.2) is 0 Å². The number of rotatable bonds is 5. The molecule has 0 aliphatic carbocycles. The van der Waals surface area contributed by atoms with Crippen LogP contribution < -0.4 is 5.73 Å². The predicted molar refractivity (Wildman–Crippen MR) is 80.8 cm³/mol. The third-order valence-electron chi connectivity index (χ3n) is 3.29. The van der Waals surface area contributed by atoms with Crippen molar-refractivity contribution >= 4 is 10.8 Å². The van der Waals surface area contributed by atoms with Crippen molar-refractivity contribution in [2.24, 2.45) is 5.73 Å². The van der Waals surface area contributed by atoms with Crippen molar-refractivity contribution in [3.63, 3.8) is 0 Å². The molecule has 21 heavy (non-hydrogen) atoms. The first-order chi connectivity index (χ1) is 10.3. The molecular formula is C16H17N3O2. The molecule has 0 amide bonds. The molecule has 0 aliphatic rings. The molecule has 0 bridgehead atoms. The normalized spacial score (nSPS) is 12.7. The van der Waals surface area contributed by atoms with E-state index in [9.17, 15) is 0 Å². The van der Waals surface area contributed by atoms with Crippen LogP contribution in [0.4, 0.5) is 0 Å². The Morgan fingerprint density at radius 2 is 2.00 bits per heavy atom. The molecule has 1 unspecified atom stereocenters. The second-order valence-corrected chi connectivity index (χ2v) is 4.99. The van der Waals surface area contributed by atoms with Gasteiger partial charge in [0, 0.05) is 25.1 Å². The highest BCUT2D eigenvalue weighted by Crippen LogP contribution is 2.22. The standard InChI is InChI=1S/C16H17N3O2/c1-20-10-14(17)9-15-18-16(19-21-15)13-7-6-11-4-2-3-5-12(11)8-13/h2-8,14H,9-10,17H2,1H3. The largest absolute Gasteiger partial charge is 0.383 e. The highest BCUT2D eigenvalue weighted by molar-refractivity contribution is 5.86. The van der Waals surface area contributed by atoms with Gasteiger partial charge in [-0.05, 0) is 16.8 Å². The smallest absolute Gasteiger partial charge is 0.228 e. The molecule has 0 saturated carbocycles. The molecule has 1 atom stereocenters. The number of benzene rings is 2. The summed E-state index contributed by atoms with van der Waals surface area (Å²) in [4.78, 5) is 4.40. The Kier molecular flexibility index (Phi) is 3.94. The zero-order chi connectivity index (χ0) is 14.7. The summed E-state index contributed by atoms with van der Waals surface area (Å²) in [6.45, 7) is 0.466. The minimum atomic E-state index is -0.139. The predicted octanol–water partition coefficient (Wildman–Crippen LogP) is 2.41. The molecule has 2 N–H and O–H groups in total. The van der Waals surface area contributed by atoms with Crippen LogP contribution >= 0.6 is 0 Å². The van der Waals surface area contributed by atoms with Crippen molar-refractivity contribution in [1.29, 1.82) is 0 Å². The summed E-state index contributed by atoms with van der Waals surface area (Å²) in [6, 6.07) is 14.1. The Hall–Kier alpha value is -2.24. The molecule has 2 aromatic carbocycles. The molecule has 0 saturated heterocycles. The maximum atomic E-state index is 5.89. The van der Waals surface area contributed by atoms with Gasteiger partial charge in [-0.2, -0.15) is 4.98 Å². The lowest BCUT2D eigenvalue weighted by molar-refractivity contribution is 0.176. The van der Waals surface area contributed by atoms with Crippen molar-refractivity contribution in [3.8, 4) is 11.4 Å². The first-order valence-electron chi connectivity index (χ1n) is 6.82. The van der Waals surface area contributed by atoms with E-state index in [-0.39, 0.29) is 6.04 Å². The summed E-state index contributed by atoms with van der Waals surface area (Å²) in [7, 11) is 1.62. The summed E-state index contributed by atoms with van der Waals surface area (Å²) < 4.78 is 10.3. The van der Waals surface area contributed by atoms with Crippen LogP contribution in [0.1, 0.15) is 5.89 Å². The highest BCUT2D eigenvalue weighted by atomic mass is 16.5. The van der Waals surface area contributed by atoms with Crippen LogP contribution in [-0.2, 0) is 11.2 Å². The van der Waals surface area contributed by atoms with Crippen molar-refractivity contribution < 1.29 is 9.26 Å². The minimum absolute atomic E-state index is 0.139. The van der Waals surface area contributed by atoms with Crippen molar-refractivity contribution in [3.05, 3.63) is 48.4 Å². The van der Waals surface area contributed by atoms with Gasteiger partial charge in [-0.25, -0.2) is 0 Å². The van der Waals surface area contributed by atoms with Gasteiger partial charge in [0.05, 0.1) is 6.61 Å². The number of nitrogens with zero attached hydrogens (tertiary/aromatic N) is 2. The second kappa shape index (κ2) is 6.03. The molecule has 0 radical (unpaired) electrons. The number of methoxy groups -OCH3 is 1. The zero-order valence-corrected chi connectivity index (χ0v) is 11.8. The summed E-state index contributed by atoms with van der Waals surface area (Å²) in [5, 5.41) is 6.36. The van der Waals surface area contributed by atoms with Gasteiger partial charge in [-0.15, -0.1) is 0 Å². The van der Waals surface area contributed by atoms with Gasteiger partial charge in [0.2, 0.25) is 11.7 Å². The van der Waals surface area contributed by atoms with E-state index in [0.29, 0.717) is 24.7 Å². The van der Waals surface area contributed by atoms with Gasteiger partial charge in [-0.1, -0.05) is 41.6 Å². The quantitative estimate of drug-likeness (QED) is 0.778. The molecule has 3 aromatic rings. The Morgan fingerprint density at radius 1 is 1.19 bits per heavy atom. The van der Waals surface area contributed by atoms with E-state index >= 15 is 0 Å². The first-order valence-corrected chi connectivity index (χ1v) is 6.82. The topological polar surface area (TPSA) is 74.2 Å². The first kappa shape index (κ1) is 13.7. The van der Waals surface area contributed by atoms with E-state index in [0.717, 1.165) is 10.9 Å². The molecule has 108 valence electrons. The molecule has 0 spiro atoms. The molecular weight excluding hydrogens is 266 g/mol. The van der Waals surface area contributed by atoms with Crippen molar-refractivity contribution in [1.82, 2.24) is 10.1 Å². The van der Waals surface area contributed by atoms with Crippen LogP contribution in [0.15, 0.2) is 47.0 Å². The van der Waals surface area contributed by atoms with Crippen LogP contribution in [-0.4, -0.2) is 29.9 Å². The third-order valence-corrected chi connectivity index (χ3v) is 3.29. The van der Waals surface area contributed by atoms with Gasteiger partial charge < -0.3 is 15.0 Å². The maximum Gasteiger partial charge on any atom is 0.228 e. The monoisotopic (exact) mass is 283 g/mol. The third kappa shape index (κ3) is 3.09. The van der Waals surface area contributed by atoms with E-state index in [2.05, 4.69) is 34.4 Å². The molecule has 1 heterocycles. The fourth-order valence-corrected chi connectivity index (χ4v) is 2.28. The van der Waals surface area contributed by atoms with Crippen LogP contribution in [0.3, 0.4) is 0 Å². The number of nitrogens with two attached hydrogens (primary N) is 1. The molecule has 5 nitrogen and oxygen atoms in total. The van der Waals surface area contributed by atoms with Crippen LogP contribution in [0.2, 0.25) is 0 Å². The zero-order valence-electron chi connectivity index (χ0n) is 11.8. The average molecular weight is 283 g/mol. The van der Waals surface area contributed by atoms with E-state index in [1.54, 1.807) is 7.11 Å². The summed E-state index contributed by atoms with van der Waals surface area (Å²) in [6.07, 6.45) is 0.508. The van der Waals surface area contributed by atoms with Gasteiger partial charge in [0.25, 0.3) is 0 Å². The number of fused-ring (bicyclic) bond motifs is 1. The highest BCUT2D eigenvalue weighted by Gasteiger charge is 2.12. The van der Waals surface area contributed by atoms with Crippen LogP contribution in [0, 0.1) is 0 Å². The lowest BCUT2D eigenvalue weighted by atomic mass is 10.1. The molecule has 0 aliphatic heterocycles. The lowest BCUT2D eigenvalue weighted by Crippen LogP contribution is -2.28. The average Bonchev–Trinajstić information content (AvgIpc) is 2.95. The second-order valence-electron chi connectivity index (χ2n) is 4.99. The number of hydrogen-bond acceptors (Lipinski definition) is 5. The Balaban J connectivity index is 1.84. The summed E-state index contributed by atoms with van der Waals surface area (Å²) >= 11 is 0. The van der Waals surface area contributed by atoms with E-state index < -0.39 is 0 Å². The fraction of sp³-hybridized carbons (Fsp3) is 0.250. The van der Waals surface area contributed by atoms with Crippen LogP contribution in [0.25, 0.3) is 22.2 Å². The number of ether oxygens (including phenoxy) is 1.